The molecule has 0 spiro atoms. The predicted molar refractivity (Wildman–Crippen MR) is 69.8 cm³/mol. The van der Waals surface area contributed by atoms with Crippen molar-refractivity contribution >= 4 is 5.82 Å². The van der Waals surface area contributed by atoms with Crippen molar-refractivity contribution in [2.45, 2.75) is 38.2 Å². The van der Waals surface area contributed by atoms with Crippen LogP contribution in [-0.2, 0) is 11.2 Å². The number of ether oxygens (including phenoxy) is 1. The minimum atomic E-state index is 0.416. The lowest BCUT2D eigenvalue weighted by Gasteiger charge is -2.27. The molecule has 0 radical (unpaired) electrons. The molecule has 18 heavy (non-hydrogen) atoms. The molecule has 0 atom stereocenters. The summed E-state index contributed by atoms with van der Waals surface area (Å²) in [4.78, 5) is 3.96. The number of aromatic nitrogens is 1. The highest BCUT2D eigenvalue weighted by Gasteiger charge is 2.21. The van der Waals surface area contributed by atoms with Crippen LogP contribution in [0.2, 0.25) is 0 Å². The number of hydrogen-bond donors (Lipinski definition) is 1. The van der Waals surface area contributed by atoms with Crippen molar-refractivity contribution in [3.05, 3.63) is 23.4 Å². The van der Waals surface area contributed by atoms with Gasteiger partial charge in [0.2, 0.25) is 0 Å². The second kappa shape index (κ2) is 5.83. The van der Waals surface area contributed by atoms with Gasteiger partial charge in [-0.1, -0.05) is 0 Å². The summed E-state index contributed by atoms with van der Waals surface area (Å²) in [6, 6.07) is 4.02. The van der Waals surface area contributed by atoms with Crippen LogP contribution in [-0.4, -0.2) is 18.2 Å². The summed E-state index contributed by atoms with van der Waals surface area (Å²) in [5, 5.41) is 9.07. The average molecular weight is 245 g/mol. The second-order valence-electron chi connectivity index (χ2n) is 4.96. The van der Waals surface area contributed by atoms with E-state index in [1.165, 1.54) is 0 Å². The standard InChI is InChI=1S/C14H19N3O/c1-18-13-4-2-10(3-5-13)6-11-7-14(16)17-9-12(11)8-15/h7,9-10,13H,2-6H2,1H3,(H2,16,17). The molecule has 1 aromatic heterocycles. The highest BCUT2D eigenvalue weighted by molar-refractivity contribution is 5.43. The van der Waals surface area contributed by atoms with Crippen LogP contribution in [0.4, 0.5) is 5.82 Å². The van der Waals surface area contributed by atoms with E-state index in [0.717, 1.165) is 37.7 Å². The topological polar surface area (TPSA) is 71.9 Å². The molecule has 0 unspecified atom stereocenters. The highest BCUT2D eigenvalue weighted by atomic mass is 16.5. The van der Waals surface area contributed by atoms with Gasteiger partial charge in [-0.15, -0.1) is 0 Å². The maximum atomic E-state index is 9.07. The van der Waals surface area contributed by atoms with E-state index in [2.05, 4.69) is 11.1 Å². The Kier molecular flexibility index (Phi) is 4.16. The van der Waals surface area contributed by atoms with Crippen molar-refractivity contribution in [3.8, 4) is 6.07 Å². The van der Waals surface area contributed by atoms with E-state index in [9.17, 15) is 0 Å². The van der Waals surface area contributed by atoms with E-state index in [1.54, 1.807) is 13.3 Å². The number of rotatable bonds is 3. The molecule has 1 heterocycles. The van der Waals surface area contributed by atoms with Gasteiger partial charge in [-0.05, 0) is 49.7 Å². The van der Waals surface area contributed by atoms with E-state index in [1.807, 2.05) is 6.07 Å². The summed E-state index contributed by atoms with van der Waals surface area (Å²) in [5.74, 6) is 1.12. The molecule has 0 amide bonds. The van der Waals surface area contributed by atoms with Crippen molar-refractivity contribution in [2.75, 3.05) is 12.8 Å². The lowest BCUT2D eigenvalue weighted by atomic mass is 9.83. The van der Waals surface area contributed by atoms with Crippen LogP contribution in [0.3, 0.4) is 0 Å². The van der Waals surface area contributed by atoms with Crippen molar-refractivity contribution in [3.63, 3.8) is 0 Å². The molecule has 1 aromatic rings. The van der Waals surface area contributed by atoms with Gasteiger partial charge in [0.1, 0.15) is 11.9 Å². The first-order chi connectivity index (χ1) is 8.72. The quantitative estimate of drug-likeness (QED) is 0.886. The molecule has 0 aromatic carbocycles. The molecule has 4 nitrogen and oxygen atoms in total. The van der Waals surface area contributed by atoms with Gasteiger partial charge in [0.15, 0.2) is 0 Å². The molecule has 0 saturated heterocycles. The van der Waals surface area contributed by atoms with Gasteiger partial charge in [0.25, 0.3) is 0 Å². The smallest absolute Gasteiger partial charge is 0.123 e. The Morgan fingerprint density at radius 3 is 2.78 bits per heavy atom. The van der Waals surface area contributed by atoms with Gasteiger partial charge < -0.3 is 10.5 Å². The fourth-order valence-corrected chi connectivity index (χ4v) is 2.67. The molecule has 96 valence electrons. The Morgan fingerprint density at radius 1 is 1.44 bits per heavy atom. The predicted octanol–water partition coefficient (Wildman–Crippen LogP) is 2.28. The minimum absolute atomic E-state index is 0.416. The largest absolute Gasteiger partial charge is 0.384 e. The first-order valence-corrected chi connectivity index (χ1v) is 6.40. The van der Waals surface area contributed by atoms with E-state index < -0.39 is 0 Å². The molecular weight excluding hydrogens is 226 g/mol. The Balaban J connectivity index is 2.02. The maximum absolute atomic E-state index is 9.07. The zero-order chi connectivity index (χ0) is 13.0. The van der Waals surface area contributed by atoms with Gasteiger partial charge >= 0.3 is 0 Å². The number of nitrogens with two attached hydrogens (primary N) is 1. The van der Waals surface area contributed by atoms with Crippen LogP contribution in [0.15, 0.2) is 12.3 Å². The van der Waals surface area contributed by atoms with Gasteiger partial charge in [-0.2, -0.15) is 5.26 Å². The minimum Gasteiger partial charge on any atom is -0.384 e. The highest BCUT2D eigenvalue weighted by Crippen LogP contribution is 2.29. The van der Waals surface area contributed by atoms with E-state index in [-0.39, 0.29) is 0 Å². The van der Waals surface area contributed by atoms with Crippen molar-refractivity contribution in [2.24, 2.45) is 5.92 Å². The van der Waals surface area contributed by atoms with Crippen LogP contribution in [0, 0.1) is 17.2 Å². The Morgan fingerprint density at radius 2 is 2.17 bits per heavy atom. The summed E-state index contributed by atoms with van der Waals surface area (Å²) in [5.41, 5.74) is 7.37. The van der Waals surface area contributed by atoms with E-state index in [0.29, 0.717) is 23.4 Å². The Hall–Kier alpha value is -1.60. The molecule has 0 aliphatic heterocycles. The molecule has 2 N–H and O–H groups in total. The van der Waals surface area contributed by atoms with Crippen LogP contribution in [0.1, 0.15) is 36.8 Å². The zero-order valence-electron chi connectivity index (χ0n) is 10.7. The summed E-state index contributed by atoms with van der Waals surface area (Å²) in [6.07, 6.45) is 7.46. The molecule has 1 fully saturated rings. The van der Waals surface area contributed by atoms with E-state index >= 15 is 0 Å². The summed E-state index contributed by atoms with van der Waals surface area (Å²) in [6.45, 7) is 0. The lowest BCUT2D eigenvalue weighted by Crippen LogP contribution is -2.21. The number of nitrogens with zero attached hydrogens (tertiary/aromatic N) is 2. The Labute approximate surface area is 108 Å². The number of anilines is 1. The van der Waals surface area contributed by atoms with Crippen LogP contribution in [0.25, 0.3) is 0 Å². The second-order valence-corrected chi connectivity index (χ2v) is 4.96. The monoisotopic (exact) mass is 245 g/mol. The molecule has 1 aliphatic rings. The van der Waals surface area contributed by atoms with Gasteiger partial charge in [-0.25, -0.2) is 4.98 Å². The van der Waals surface area contributed by atoms with Gasteiger partial charge in [-0.3, -0.25) is 0 Å². The average Bonchev–Trinajstić information content (AvgIpc) is 2.40. The molecule has 4 heteroatoms. The van der Waals surface area contributed by atoms with Crippen LogP contribution < -0.4 is 5.73 Å². The number of hydrogen-bond acceptors (Lipinski definition) is 4. The number of pyridine rings is 1. The first kappa shape index (κ1) is 12.8. The van der Waals surface area contributed by atoms with Gasteiger partial charge in [0.05, 0.1) is 11.7 Å². The SMILES string of the molecule is COC1CCC(Cc2cc(N)ncc2C#N)CC1. The normalized spacial score (nSPS) is 23.6. The third-order valence-electron chi connectivity index (χ3n) is 3.77. The fourth-order valence-electron chi connectivity index (χ4n) is 2.67. The van der Waals surface area contributed by atoms with Crippen molar-refractivity contribution in [1.29, 1.82) is 5.26 Å². The zero-order valence-corrected chi connectivity index (χ0v) is 10.7. The van der Waals surface area contributed by atoms with Crippen LogP contribution in [0.5, 0.6) is 0 Å². The molecular formula is C14H19N3O. The summed E-state index contributed by atoms with van der Waals surface area (Å²) >= 11 is 0. The fraction of sp³-hybridized carbons (Fsp3) is 0.571. The summed E-state index contributed by atoms with van der Waals surface area (Å²) in [7, 11) is 1.78. The summed E-state index contributed by atoms with van der Waals surface area (Å²) < 4.78 is 5.37. The molecule has 1 saturated carbocycles. The third kappa shape index (κ3) is 2.99. The molecule has 0 bridgehead atoms. The van der Waals surface area contributed by atoms with Crippen LogP contribution >= 0.6 is 0 Å². The first-order valence-electron chi connectivity index (χ1n) is 6.40. The molecule has 1 aliphatic carbocycles. The number of nitrogen functional groups attached to an aromatic ring is 1. The number of nitriles is 1. The molecule has 2 rings (SSSR count). The third-order valence-corrected chi connectivity index (χ3v) is 3.77. The Bertz CT molecular complexity index is 445. The van der Waals surface area contributed by atoms with Gasteiger partial charge in [0, 0.05) is 13.3 Å². The van der Waals surface area contributed by atoms with Crippen molar-refractivity contribution < 1.29 is 4.74 Å². The van der Waals surface area contributed by atoms with E-state index in [4.69, 9.17) is 15.7 Å². The number of methoxy groups -OCH3 is 1. The maximum Gasteiger partial charge on any atom is 0.123 e. The lowest BCUT2D eigenvalue weighted by molar-refractivity contribution is 0.0568. The van der Waals surface area contributed by atoms with Crippen molar-refractivity contribution in [1.82, 2.24) is 4.98 Å².